The summed E-state index contributed by atoms with van der Waals surface area (Å²) < 4.78 is 26.2. The van der Waals surface area contributed by atoms with Crippen LogP contribution in [-0.4, -0.2) is 29.6 Å². The van der Waals surface area contributed by atoms with Crippen molar-refractivity contribution in [2.24, 2.45) is 0 Å². The van der Waals surface area contributed by atoms with Gasteiger partial charge in [0.2, 0.25) is 0 Å². The lowest BCUT2D eigenvalue weighted by Crippen LogP contribution is -2.12. The minimum atomic E-state index is -3.90. The Labute approximate surface area is 118 Å². The smallest absolute Gasteiger partial charge is 0.339 e. The summed E-state index contributed by atoms with van der Waals surface area (Å²) in [5.74, 6) is -1.98. The molecule has 0 fully saturated rings. The number of sulfonamides is 1. The molecule has 20 heavy (non-hydrogen) atoms. The lowest BCUT2D eigenvalue weighted by molar-refractivity contribution is 0.0694. The SMILES string of the molecule is Cc1ncc(S(=O)(=O)Nc2cccc(C(=O)O)c2O)s1. The zero-order valence-corrected chi connectivity index (χ0v) is 11.8. The summed E-state index contributed by atoms with van der Waals surface area (Å²) in [6, 6.07) is 3.78. The van der Waals surface area contributed by atoms with Gasteiger partial charge in [0.05, 0.1) is 16.9 Å². The summed E-state index contributed by atoms with van der Waals surface area (Å²) in [7, 11) is -3.90. The molecule has 0 saturated heterocycles. The van der Waals surface area contributed by atoms with Gasteiger partial charge in [-0.05, 0) is 19.1 Å². The molecule has 106 valence electrons. The van der Waals surface area contributed by atoms with Crippen LogP contribution >= 0.6 is 11.3 Å². The van der Waals surface area contributed by atoms with Crippen LogP contribution in [0.25, 0.3) is 0 Å². The van der Waals surface area contributed by atoms with Crippen molar-refractivity contribution < 1.29 is 23.4 Å². The second-order valence-corrected chi connectivity index (χ2v) is 6.95. The number of para-hydroxylation sites is 1. The van der Waals surface area contributed by atoms with Gasteiger partial charge in [-0.15, -0.1) is 11.3 Å². The summed E-state index contributed by atoms with van der Waals surface area (Å²) in [6.45, 7) is 1.66. The highest BCUT2D eigenvalue weighted by atomic mass is 32.2. The number of aryl methyl sites for hydroxylation is 1. The number of anilines is 1. The van der Waals surface area contributed by atoms with Gasteiger partial charge in [-0.1, -0.05) is 6.07 Å². The van der Waals surface area contributed by atoms with Crippen LogP contribution in [0.4, 0.5) is 5.69 Å². The number of hydrogen-bond acceptors (Lipinski definition) is 6. The molecule has 0 saturated carbocycles. The highest BCUT2D eigenvalue weighted by Crippen LogP contribution is 2.30. The normalized spacial score (nSPS) is 11.2. The molecule has 1 aromatic carbocycles. The first-order valence-electron chi connectivity index (χ1n) is 5.32. The van der Waals surface area contributed by atoms with E-state index < -0.39 is 21.7 Å². The van der Waals surface area contributed by atoms with Gasteiger partial charge in [-0.2, -0.15) is 0 Å². The number of aromatic hydroxyl groups is 1. The van der Waals surface area contributed by atoms with Crippen LogP contribution in [0.15, 0.2) is 28.6 Å². The molecule has 0 bridgehead atoms. The van der Waals surface area contributed by atoms with Gasteiger partial charge < -0.3 is 10.2 Å². The van der Waals surface area contributed by atoms with Crippen LogP contribution < -0.4 is 4.72 Å². The van der Waals surface area contributed by atoms with Gasteiger partial charge in [0, 0.05) is 0 Å². The molecular formula is C11H10N2O5S2. The molecule has 1 aromatic heterocycles. The molecule has 0 aliphatic heterocycles. The molecule has 0 aliphatic carbocycles. The molecule has 7 nitrogen and oxygen atoms in total. The Kier molecular flexibility index (Phi) is 3.64. The zero-order valence-electron chi connectivity index (χ0n) is 10.2. The summed E-state index contributed by atoms with van der Waals surface area (Å²) >= 11 is 0.971. The van der Waals surface area contributed by atoms with Crippen molar-refractivity contribution >= 4 is 33.0 Å². The fraction of sp³-hybridized carbons (Fsp3) is 0.0909. The third-order valence-corrected chi connectivity index (χ3v) is 5.12. The zero-order chi connectivity index (χ0) is 14.9. The lowest BCUT2D eigenvalue weighted by Gasteiger charge is -2.09. The number of phenols is 1. The predicted molar refractivity (Wildman–Crippen MR) is 72.7 cm³/mol. The Morgan fingerprint density at radius 2 is 2.10 bits per heavy atom. The molecule has 0 unspecified atom stereocenters. The minimum absolute atomic E-state index is 0.0184. The number of carbonyl (C=O) groups is 1. The summed E-state index contributed by atoms with van der Waals surface area (Å²) in [5, 5.41) is 19.2. The van der Waals surface area contributed by atoms with E-state index >= 15 is 0 Å². The molecular weight excluding hydrogens is 304 g/mol. The number of aromatic nitrogens is 1. The second kappa shape index (κ2) is 5.10. The maximum atomic E-state index is 12.0. The average molecular weight is 314 g/mol. The van der Waals surface area contributed by atoms with E-state index in [9.17, 15) is 18.3 Å². The van der Waals surface area contributed by atoms with Crippen molar-refractivity contribution in [3.63, 3.8) is 0 Å². The molecule has 0 spiro atoms. The quantitative estimate of drug-likeness (QED) is 0.739. The molecule has 0 radical (unpaired) electrons. The van der Waals surface area contributed by atoms with Crippen molar-refractivity contribution in [1.82, 2.24) is 4.98 Å². The lowest BCUT2D eigenvalue weighted by atomic mass is 10.2. The van der Waals surface area contributed by atoms with Gasteiger partial charge in [-0.3, -0.25) is 4.72 Å². The third kappa shape index (κ3) is 2.73. The monoisotopic (exact) mass is 314 g/mol. The first-order chi connectivity index (χ1) is 9.31. The van der Waals surface area contributed by atoms with Gasteiger partial charge in [0.15, 0.2) is 9.96 Å². The van der Waals surface area contributed by atoms with Crippen molar-refractivity contribution in [3.05, 3.63) is 35.0 Å². The average Bonchev–Trinajstić information content (AvgIpc) is 2.79. The third-order valence-electron chi connectivity index (χ3n) is 2.38. The van der Waals surface area contributed by atoms with Crippen molar-refractivity contribution in [1.29, 1.82) is 0 Å². The van der Waals surface area contributed by atoms with Crippen LogP contribution in [0.1, 0.15) is 15.4 Å². The Balaban J connectivity index is 2.40. The summed E-state index contributed by atoms with van der Waals surface area (Å²) in [5.41, 5.74) is -0.582. The van der Waals surface area contributed by atoms with Crippen LogP contribution in [-0.2, 0) is 10.0 Å². The van der Waals surface area contributed by atoms with E-state index in [1.54, 1.807) is 6.92 Å². The highest BCUT2D eigenvalue weighted by molar-refractivity contribution is 7.94. The van der Waals surface area contributed by atoms with Crippen LogP contribution in [0.2, 0.25) is 0 Å². The second-order valence-electron chi connectivity index (χ2n) is 3.81. The largest absolute Gasteiger partial charge is 0.505 e. The number of nitrogens with one attached hydrogen (secondary N) is 1. The van der Waals surface area contributed by atoms with E-state index in [2.05, 4.69) is 9.71 Å². The summed E-state index contributed by atoms with van der Waals surface area (Å²) in [6.07, 6.45) is 1.19. The standard InChI is InChI=1S/C11H10N2O5S2/c1-6-12-5-9(19-6)20(17,18)13-8-4-2-3-7(10(8)14)11(15)16/h2-5,13-14H,1H3,(H,15,16). The van der Waals surface area contributed by atoms with Crippen LogP contribution in [0.3, 0.4) is 0 Å². The van der Waals surface area contributed by atoms with E-state index in [0.29, 0.717) is 5.01 Å². The Morgan fingerprint density at radius 3 is 2.65 bits per heavy atom. The fourth-order valence-electron chi connectivity index (χ4n) is 1.46. The number of nitrogens with zero attached hydrogens (tertiary/aromatic N) is 1. The molecule has 1 heterocycles. The Hall–Kier alpha value is -2.13. The van der Waals surface area contributed by atoms with Crippen molar-refractivity contribution in [2.75, 3.05) is 4.72 Å². The van der Waals surface area contributed by atoms with Gasteiger partial charge in [0.1, 0.15) is 5.56 Å². The fourth-order valence-corrected chi connectivity index (χ4v) is 3.63. The van der Waals surface area contributed by atoms with E-state index in [1.165, 1.54) is 24.4 Å². The van der Waals surface area contributed by atoms with E-state index in [-0.39, 0.29) is 15.5 Å². The Morgan fingerprint density at radius 1 is 1.40 bits per heavy atom. The number of carboxylic acid groups (broad SMARTS) is 1. The molecule has 3 N–H and O–H groups in total. The number of thiazole rings is 1. The van der Waals surface area contributed by atoms with E-state index in [4.69, 9.17) is 5.11 Å². The minimum Gasteiger partial charge on any atom is -0.505 e. The first kappa shape index (κ1) is 14.3. The molecule has 0 atom stereocenters. The van der Waals surface area contributed by atoms with E-state index in [0.717, 1.165) is 11.3 Å². The van der Waals surface area contributed by atoms with Crippen molar-refractivity contribution in [2.45, 2.75) is 11.1 Å². The number of rotatable bonds is 4. The molecule has 2 rings (SSSR count). The molecule has 0 amide bonds. The first-order valence-corrected chi connectivity index (χ1v) is 7.62. The van der Waals surface area contributed by atoms with Gasteiger partial charge in [-0.25, -0.2) is 18.2 Å². The number of hydrogen-bond donors (Lipinski definition) is 3. The molecule has 2 aromatic rings. The molecule has 0 aliphatic rings. The number of benzene rings is 1. The topological polar surface area (TPSA) is 117 Å². The number of carboxylic acids is 1. The summed E-state index contributed by atoms with van der Waals surface area (Å²) in [4.78, 5) is 14.7. The maximum absolute atomic E-state index is 12.0. The Bertz CT molecular complexity index is 767. The number of aromatic carboxylic acids is 1. The highest BCUT2D eigenvalue weighted by Gasteiger charge is 2.21. The van der Waals surface area contributed by atoms with Crippen molar-refractivity contribution in [3.8, 4) is 5.75 Å². The van der Waals surface area contributed by atoms with Gasteiger partial charge >= 0.3 is 5.97 Å². The molecule has 9 heteroatoms. The van der Waals surface area contributed by atoms with Gasteiger partial charge in [0.25, 0.3) is 10.0 Å². The van der Waals surface area contributed by atoms with Crippen LogP contribution in [0.5, 0.6) is 5.75 Å². The maximum Gasteiger partial charge on any atom is 0.339 e. The van der Waals surface area contributed by atoms with Crippen LogP contribution in [0, 0.1) is 6.92 Å². The predicted octanol–water partition coefficient (Wildman–Crippen LogP) is 1.66. The van der Waals surface area contributed by atoms with E-state index in [1.807, 2.05) is 0 Å².